The molecule has 0 radical (unpaired) electrons. The summed E-state index contributed by atoms with van der Waals surface area (Å²) < 4.78 is 19.0. The maximum Gasteiger partial charge on any atom is 0.137 e. The number of ether oxygens (including phenoxy) is 1. The summed E-state index contributed by atoms with van der Waals surface area (Å²) >= 11 is 4.94. The van der Waals surface area contributed by atoms with Crippen molar-refractivity contribution in [2.45, 2.75) is 6.92 Å². The van der Waals surface area contributed by atoms with Crippen molar-refractivity contribution in [2.24, 2.45) is 5.73 Å². The van der Waals surface area contributed by atoms with Gasteiger partial charge in [0.1, 0.15) is 22.3 Å². The molecule has 92 valence electrons. The second kappa shape index (κ2) is 5.14. The molecule has 0 aliphatic heterocycles. The van der Waals surface area contributed by atoms with Gasteiger partial charge in [-0.3, -0.25) is 0 Å². The Morgan fingerprint density at radius 3 is 2.61 bits per heavy atom. The van der Waals surface area contributed by atoms with Crippen molar-refractivity contribution >= 4 is 17.2 Å². The van der Waals surface area contributed by atoms with E-state index in [-0.39, 0.29) is 10.8 Å². The van der Waals surface area contributed by atoms with Crippen LogP contribution in [0.3, 0.4) is 0 Å². The number of thiocarbonyl (C=S) groups is 1. The average molecular weight is 261 g/mol. The summed E-state index contributed by atoms with van der Waals surface area (Å²) in [4.78, 5) is 0.248. The van der Waals surface area contributed by atoms with E-state index in [2.05, 4.69) is 0 Å². The summed E-state index contributed by atoms with van der Waals surface area (Å²) in [5.74, 6) is 0.635. The highest BCUT2D eigenvalue weighted by atomic mass is 32.1. The zero-order valence-electron chi connectivity index (χ0n) is 9.81. The van der Waals surface area contributed by atoms with Crippen LogP contribution in [0.5, 0.6) is 11.5 Å². The normalized spacial score (nSPS) is 10.1. The summed E-state index contributed by atoms with van der Waals surface area (Å²) in [5.41, 5.74) is 6.81. The van der Waals surface area contributed by atoms with Gasteiger partial charge >= 0.3 is 0 Å². The first-order chi connectivity index (χ1) is 8.58. The average Bonchev–Trinajstić information content (AvgIpc) is 2.34. The van der Waals surface area contributed by atoms with Gasteiger partial charge in [-0.1, -0.05) is 30.4 Å². The molecule has 0 saturated carbocycles. The largest absolute Gasteiger partial charge is 0.457 e. The monoisotopic (exact) mass is 261 g/mol. The van der Waals surface area contributed by atoms with Crippen LogP contribution in [0.15, 0.2) is 42.5 Å². The molecular weight excluding hydrogens is 249 g/mol. The lowest BCUT2D eigenvalue weighted by molar-refractivity contribution is 0.475. The van der Waals surface area contributed by atoms with Gasteiger partial charge in [-0.25, -0.2) is 4.39 Å². The van der Waals surface area contributed by atoms with Gasteiger partial charge in [-0.15, -0.1) is 0 Å². The summed E-state index contributed by atoms with van der Waals surface area (Å²) in [6.45, 7) is 1.70. The third-order valence-corrected chi connectivity index (χ3v) is 2.74. The predicted molar refractivity (Wildman–Crippen MR) is 73.5 cm³/mol. The molecule has 0 bridgehead atoms. The molecule has 0 saturated heterocycles. The molecule has 0 heterocycles. The molecule has 2 aromatic carbocycles. The molecule has 0 spiro atoms. The van der Waals surface area contributed by atoms with E-state index in [9.17, 15) is 4.39 Å². The van der Waals surface area contributed by atoms with Crippen LogP contribution in [0.2, 0.25) is 0 Å². The second-order valence-corrected chi connectivity index (χ2v) is 4.31. The fraction of sp³-hybridized carbons (Fsp3) is 0.0714. The highest BCUT2D eigenvalue weighted by Gasteiger charge is 2.07. The van der Waals surface area contributed by atoms with Gasteiger partial charge in [-0.2, -0.15) is 0 Å². The van der Waals surface area contributed by atoms with E-state index >= 15 is 0 Å². The number of halogens is 1. The van der Waals surface area contributed by atoms with Crippen LogP contribution in [0, 0.1) is 12.7 Å². The van der Waals surface area contributed by atoms with E-state index in [0.717, 1.165) is 0 Å². The van der Waals surface area contributed by atoms with Crippen LogP contribution in [-0.2, 0) is 0 Å². The summed E-state index contributed by atoms with van der Waals surface area (Å²) in [6, 6.07) is 11.8. The van der Waals surface area contributed by atoms with E-state index in [1.54, 1.807) is 31.2 Å². The van der Waals surface area contributed by atoms with Gasteiger partial charge in [-0.05, 0) is 30.7 Å². The minimum atomic E-state index is -0.305. The number of hydrogen-bond donors (Lipinski definition) is 1. The third-order valence-electron chi connectivity index (χ3n) is 2.52. The minimum absolute atomic E-state index is 0.248. The van der Waals surface area contributed by atoms with Crippen LogP contribution in [0.1, 0.15) is 11.1 Å². The van der Waals surface area contributed by atoms with E-state index in [4.69, 9.17) is 22.7 Å². The van der Waals surface area contributed by atoms with Crippen LogP contribution >= 0.6 is 12.2 Å². The maximum atomic E-state index is 13.4. The minimum Gasteiger partial charge on any atom is -0.457 e. The Labute approximate surface area is 110 Å². The molecule has 2 rings (SSSR count). The smallest absolute Gasteiger partial charge is 0.137 e. The molecule has 0 aliphatic carbocycles. The lowest BCUT2D eigenvalue weighted by atomic mass is 10.2. The molecule has 4 heteroatoms. The van der Waals surface area contributed by atoms with Crippen molar-refractivity contribution in [3.8, 4) is 11.5 Å². The molecular formula is C14H12FNOS. The quantitative estimate of drug-likeness (QED) is 0.858. The fourth-order valence-corrected chi connectivity index (χ4v) is 1.69. The lowest BCUT2D eigenvalue weighted by Gasteiger charge is -2.10. The molecule has 0 fully saturated rings. The third kappa shape index (κ3) is 2.65. The van der Waals surface area contributed by atoms with Crippen LogP contribution in [0.4, 0.5) is 4.39 Å². The van der Waals surface area contributed by atoms with Gasteiger partial charge in [0.15, 0.2) is 0 Å². The molecule has 2 nitrogen and oxygen atoms in total. The van der Waals surface area contributed by atoms with Crippen molar-refractivity contribution in [1.82, 2.24) is 0 Å². The first-order valence-corrected chi connectivity index (χ1v) is 5.81. The van der Waals surface area contributed by atoms with Crippen molar-refractivity contribution in [1.29, 1.82) is 0 Å². The van der Waals surface area contributed by atoms with Gasteiger partial charge < -0.3 is 10.5 Å². The van der Waals surface area contributed by atoms with E-state index < -0.39 is 0 Å². The molecule has 0 atom stereocenters. The zero-order valence-corrected chi connectivity index (χ0v) is 10.6. The number of hydrogen-bond acceptors (Lipinski definition) is 2. The van der Waals surface area contributed by atoms with Crippen molar-refractivity contribution in [3.05, 3.63) is 59.4 Å². The molecule has 0 aromatic heterocycles. The van der Waals surface area contributed by atoms with Gasteiger partial charge in [0.2, 0.25) is 0 Å². The van der Waals surface area contributed by atoms with Gasteiger partial charge in [0.25, 0.3) is 0 Å². The Morgan fingerprint density at radius 1 is 1.22 bits per heavy atom. The number of benzene rings is 2. The Balaban J connectivity index is 2.34. The first-order valence-electron chi connectivity index (χ1n) is 5.41. The Bertz CT molecular complexity index is 598. The molecule has 0 unspecified atom stereocenters. The second-order valence-electron chi connectivity index (χ2n) is 3.87. The number of rotatable bonds is 3. The van der Waals surface area contributed by atoms with Crippen molar-refractivity contribution in [3.63, 3.8) is 0 Å². The fourth-order valence-electron chi connectivity index (χ4n) is 1.52. The van der Waals surface area contributed by atoms with Crippen LogP contribution in [0.25, 0.3) is 0 Å². The van der Waals surface area contributed by atoms with E-state index in [1.807, 2.05) is 12.1 Å². The summed E-state index contributed by atoms with van der Waals surface area (Å²) in [6.07, 6.45) is 0. The number of nitrogens with two attached hydrogens (primary N) is 1. The SMILES string of the molecule is Cc1ccc(Oc2ccccc2C(N)=S)cc1F. The van der Waals surface area contributed by atoms with Crippen molar-refractivity contribution < 1.29 is 9.13 Å². The Kier molecular flexibility index (Phi) is 3.58. The topological polar surface area (TPSA) is 35.2 Å². The molecule has 0 aliphatic rings. The number of para-hydroxylation sites is 1. The summed E-state index contributed by atoms with van der Waals surface area (Å²) in [5, 5.41) is 0. The van der Waals surface area contributed by atoms with E-state index in [1.165, 1.54) is 6.07 Å². The summed E-state index contributed by atoms with van der Waals surface area (Å²) in [7, 11) is 0. The van der Waals surface area contributed by atoms with Crippen LogP contribution < -0.4 is 10.5 Å². The highest BCUT2D eigenvalue weighted by molar-refractivity contribution is 7.80. The first kappa shape index (κ1) is 12.5. The maximum absolute atomic E-state index is 13.4. The predicted octanol–water partition coefficient (Wildman–Crippen LogP) is 3.56. The molecule has 18 heavy (non-hydrogen) atoms. The lowest BCUT2D eigenvalue weighted by Crippen LogP contribution is -2.10. The zero-order chi connectivity index (χ0) is 13.1. The standard InChI is InChI=1S/C14H12FNOS/c1-9-6-7-10(8-12(9)15)17-13-5-3-2-4-11(13)14(16)18/h2-8H,1H3,(H2,16,18). The van der Waals surface area contributed by atoms with Gasteiger partial charge in [0.05, 0.1) is 5.56 Å². The van der Waals surface area contributed by atoms with Crippen LogP contribution in [-0.4, -0.2) is 4.99 Å². The van der Waals surface area contributed by atoms with Gasteiger partial charge in [0, 0.05) is 6.07 Å². The molecule has 2 aromatic rings. The Morgan fingerprint density at radius 2 is 1.94 bits per heavy atom. The van der Waals surface area contributed by atoms with E-state index in [0.29, 0.717) is 22.6 Å². The molecule has 2 N–H and O–H groups in total. The Hall–Kier alpha value is -1.94. The molecule has 0 amide bonds. The number of aryl methyl sites for hydroxylation is 1. The highest BCUT2D eigenvalue weighted by Crippen LogP contribution is 2.26. The van der Waals surface area contributed by atoms with Crippen molar-refractivity contribution in [2.75, 3.05) is 0 Å².